The highest BCUT2D eigenvalue weighted by molar-refractivity contribution is 5.93. The summed E-state index contributed by atoms with van der Waals surface area (Å²) in [6.07, 6.45) is 0.611. The highest BCUT2D eigenvalue weighted by Gasteiger charge is 2.16. The van der Waals surface area contributed by atoms with E-state index in [1.54, 1.807) is 0 Å². The number of piperazine rings is 1. The summed E-state index contributed by atoms with van der Waals surface area (Å²) < 4.78 is 4.86. The van der Waals surface area contributed by atoms with Gasteiger partial charge in [0.2, 0.25) is 0 Å². The number of esters is 1. The van der Waals surface area contributed by atoms with Gasteiger partial charge in [-0.05, 0) is 18.2 Å². The van der Waals surface area contributed by atoms with Gasteiger partial charge in [-0.15, -0.1) is 0 Å². The lowest BCUT2D eigenvalue weighted by Gasteiger charge is -2.29. The summed E-state index contributed by atoms with van der Waals surface area (Å²) >= 11 is 0. The van der Waals surface area contributed by atoms with Gasteiger partial charge in [-0.1, -0.05) is 11.8 Å². The fourth-order valence-electron chi connectivity index (χ4n) is 2.27. The molecule has 1 heterocycles. The second kappa shape index (κ2) is 7.67. The first-order valence-electron chi connectivity index (χ1n) is 7.13. The lowest BCUT2D eigenvalue weighted by Crippen LogP contribution is -2.43. The number of hydrogen-bond acceptors (Lipinski definition) is 5. The molecule has 5 heteroatoms. The molecule has 1 fully saturated rings. The van der Waals surface area contributed by atoms with E-state index in [1.165, 1.54) is 7.11 Å². The number of anilines is 1. The Kier molecular flexibility index (Phi) is 5.61. The Morgan fingerprint density at radius 3 is 2.86 bits per heavy atom. The topological polar surface area (TPSA) is 67.6 Å². The molecular weight excluding hydrogens is 266 g/mol. The van der Waals surface area contributed by atoms with Gasteiger partial charge in [-0.25, -0.2) is 4.79 Å². The van der Waals surface area contributed by atoms with Crippen molar-refractivity contribution in [1.29, 1.82) is 0 Å². The van der Waals surface area contributed by atoms with Crippen molar-refractivity contribution in [3.8, 4) is 11.8 Å². The van der Waals surface area contributed by atoms with Gasteiger partial charge in [0.15, 0.2) is 0 Å². The van der Waals surface area contributed by atoms with Crippen LogP contribution in [0.15, 0.2) is 18.2 Å². The summed E-state index contributed by atoms with van der Waals surface area (Å²) in [5, 5.41) is 3.31. The summed E-state index contributed by atoms with van der Waals surface area (Å²) in [5.74, 6) is 5.60. The Balaban J connectivity index is 2.30. The molecule has 0 spiro atoms. The van der Waals surface area contributed by atoms with E-state index in [0.29, 0.717) is 24.1 Å². The molecule has 112 valence electrons. The molecule has 1 aromatic rings. The van der Waals surface area contributed by atoms with Gasteiger partial charge in [-0.3, -0.25) is 0 Å². The monoisotopic (exact) mass is 287 g/mol. The van der Waals surface area contributed by atoms with Crippen molar-refractivity contribution in [2.75, 3.05) is 44.7 Å². The molecule has 0 saturated carbocycles. The number of carbonyl (C=O) groups excluding carboxylic acids is 1. The Morgan fingerprint density at radius 2 is 2.19 bits per heavy atom. The molecule has 21 heavy (non-hydrogen) atoms. The molecule has 1 aromatic carbocycles. The largest absolute Gasteiger partial charge is 0.465 e. The van der Waals surface area contributed by atoms with Crippen molar-refractivity contribution in [1.82, 2.24) is 5.32 Å². The molecule has 1 aliphatic heterocycles. The van der Waals surface area contributed by atoms with Crippen molar-refractivity contribution in [3.05, 3.63) is 29.3 Å². The third-order valence-corrected chi connectivity index (χ3v) is 3.38. The molecule has 0 bridgehead atoms. The van der Waals surface area contributed by atoms with Gasteiger partial charge in [0.25, 0.3) is 0 Å². The van der Waals surface area contributed by atoms with Crippen LogP contribution in [0.2, 0.25) is 0 Å². The zero-order valence-electron chi connectivity index (χ0n) is 12.3. The minimum absolute atomic E-state index is 0.357. The summed E-state index contributed by atoms with van der Waals surface area (Å²) in [7, 11) is 1.39. The lowest BCUT2D eigenvalue weighted by molar-refractivity contribution is 0.0600. The smallest absolute Gasteiger partial charge is 0.339 e. The van der Waals surface area contributed by atoms with Crippen LogP contribution in [-0.2, 0) is 4.74 Å². The van der Waals surface area contributed by atoms with Crippen molar-refractivity contribution < 1.29 is 9.53 Å². The number of benzene rings is 1. The molecule has 0 aromatic heterocycles. The molecule has 0 atom stereocenters. The average Bonchev–Trinajstić information content (AvgIpc) is 2.55. The lowest BCUT2D eigenvalue weighted by atomic mass is 10.1. The first kappa shape index (κ1) is 15.4. The highest BCUT2D eigenvalue weighted by Crippen LogP contribution is 2.20. The summed E-state index contributed by atoms with van der Waals surface area (Å²) in [4.78, 5) is 14.2. The molecule has 5 nitrogen and oxygen atoms in total. The van der Waals surface area contributed by atoms with Gasteiger partial charge >= 0.3 is 5.97 Å². The van der Waals surface area contributed by atoms with Crippen LogP contribution in [0.1, 0.15) is 22.3 Å². The van der Waals surface area contributed by atoms with Crippen LogP contribution in [0.3, 0.4) is 0 Å². The molecule has 0 amide bonds. The number of nitrogens with two attached hydrogens (primary N) is 1. The molecule has 2 rings (SSSR count). The minimum atomic E-state index is -0.357. The van der Waals surface area contributed by atoms with E-state index in [1.807, 2.05) is 18.2 Å². The van der Waals surface area contributed by atoms with Crippen LogP contribution in [0.25, 0.3) is 0 Å². The molecule has 0 unspecified atom stereocenters. The number of hydrogen-bond donors (Lipinski definition) is 2. The van der Waals surface area contributed by atoms with Crippen molar-refractivity contribution >= 4 is 11.7 Å². The summed E-state index contributed by atoms with van der Waals surface area (Å²) in [5.41, 5.74) is 7.66. The molecular formula is C16H21N3O2. The van der Waals surface area contributed by atoms with E-state index in [0.717, 1.165) is 31.9 Å². The molecule has 1 saturated heterocycles. The first-order valence-corrected chi connectivity index (χ1v) is 7.13. The predicted octanol–water partition coefficient (Wildman–Crippen LogP) is 0.583. The SMILES string of the molecule is COC(=O)c1cc(N2CCNCC2)ccc1C#CCCN. The molecule has 1 aliphatic rings. The number of ether oxygens (including phenoxy) is 1. The normalized spacial score (nSPS) is 14.3. The maximum atomic E-state index is 12.0. The van der Waals surface area contributed by atoms with Crippen LogP contribution in [0.5, 0.6) is 0 Å². The van der Waals surface area contributed by atoms with E-state index in [2.05, 4.69) is 22.1 Å². The van der Waals surface area contributed by atoms with Crippen LogP contribution in [-0.4, -0.2) is 45.8 Å². The number of rotatable bonds is 3. The van der Waals surface area contributed by atoms with Gasteiger partial charge in [0.1, 0.15) is 0 Å². The quantitative estimate of drug-likeness (QED) is 0.629. The molecule has 0 aliphatic carbocycles. The summed E-state index contributed by atoms with van der Waals surface area (Å²) in [6, 6.07) is 5.75. The van der Waals surface area contributed by atoms with Crippen LogP contribution in [0.4, 0.5) is 5.69 Å². The number of nitrogens with zero attached hydrogens (tertiary/aromatic N) is 1. The van der Waals surface area contributed by atoms with Crippen molar-refractivity contribution in [3.63, 3.8) is 0 Å². The Labute approximate surface area is 125 Å². The van der Waals surface area contributed by atoms with Gasteiger partial charge in [0, 0.05) is 50.4 Å². The number of carbonyl (C=O) groups is 1. The first-order chi connectivity index (χ1) is 10.3. The second-order valence-electron chi connectivity index (χ2n) is 4.80. The van der Waals surface area contributed by atoms with Gasteiger partial charge in [-0.2, -0.15) is 0 Å². The third kappa shape index (κ3) is 3.97. The average molecular weight is 287 g/mol. The zero-order valence-corrected chi connectivity index (χ0v) is 12.3. The fraction of sp³-hybridized carbons (Fsp3) is 0.438. The fourth-order valence-corrected chi connectivity index (χ4v) is 2.27. The maximum Gasteiger partial charge on any atom is 0.339 e. The van der Waals surface area contributed by atoms with E-state index in [9.17, 15) is 4.79 Å². The minimum Gasteiger partial charge on any atom is -0.465 e. The van der Waals surface area contributed by atoms with Crippen molar-refractivity contribution in [2.45, 2.75) is 6.42 Å². The van der Waals surface area contributed by atoms with Crippen LogP contribution < -0.4 is 16.0 Å². The van der Waals surface area contributed by atoms with E-state index < -0.39 is 0 Å². The second-order valence-corrected chi connectivity index (χ2v) is 4.80. The number of methoxy groups -OCH3 is 1. The Bertz CT molecular complexity index is 554. The Hall–Kier alpha value is -2.03. The molecule has 3 N–H and O–H groups in total. The number of nitrogens with one attached hydrogen (secondary N) is 1. The van der Waals surface area contributed by atoms with E-state index in [-0.39, 0.29) is 5.97 Å². The van der Waals surface area contributed by atoms with Gasteiger partial charge in [0.05, 0.1) is 12.7 Å². The van der Waals surface area contributed by atoms with Crippen LogP contribution in [0, 0.1) is 11.8 Å². The summed E-state index contributed by atoms with van der Waals surface area (Å²) in [6.45, 7) is 4.27. The van der Waals surface area contributed by atoms with Crippen LogP contribution >= 0.6 is 0 Å². The van der Waals surface area contributed by atoms with Gasteiger partial charge < -0.3 is 20.7 Å². The Morgan fingerprint density at radius 1 is 1.43 bits per heavy atom. The van der Waals surface area contributed by atoms with Crippen molar-refractivity contribution in [2.24, 2.45) is 5.73 Å². The highest BCUT2D eigenvalue weighted by atomic mass is 16.5. The van der Waals surface area contributed by atoms with E-state index >= 15 is 0 Å². The molecule has 0 radical (unpaired) electrons. The third-order valence-electron chi connectivity index (χ3n) is 3.38. The maximum absolute atomic E-state index is 12.0. The standard InChI is InChI=1S/C16H21N3O2/c1-21-16(20)15-12-14(19-10-8-18-9-11-19)6-5-13(15)4-2-3-7-17/h5-6,12,18H,3,7-11,17H2,1H3. The zero-order chi connectivity index (χ0) is 15.1. The predicted molar refractivity (Wildman–Crippen MR) is 83.4 cm³/mol. The van der Waals surface area contributed by atoms with E-state index in [4.69, 9.17) is 10.5 Å².